The number of methoxy groups -OCH3 is 1. The summed E-state index contributed by atoms with van der Waals surface area (Å²) in [4.78, 5) is 10.2. The van der Waals surface area contributed by atoms with Gasteiger partial charge in [-0.25, -0.2) is 9.97 Å². The van der Waals surface area contributed by atoms with Gasteiger partial charge in [0.1, 0.15) is 12.0 Å². The average molecular weight is 391 g/mol. The monoisotopic (exact) mass is 391 g/mol. The Labute approximate surface area is 167 Å². The highest BCUT2D eigenvalue weighted by Gasteiger charge is 2.18. The second kappa shape index (κ2) is 7.30. The minimum Gasteiger partial charge on any atom is -0.612 e. The van der Waals surface area contributed by atoms with Crippen molar-refractivity contribution in [3.8, 4) is 28.3 Å². The van der Waals surface area contributed by atoms with Gasteiger partial charge in [-0.2, -0.15) is 0 Å². The van der Waals surface area contributed by atoms with Crippen LogP contribution >= 0.6 is 0 Å². The number of benzene rings is 2. The molecular weight excluding hydrogens is 370 g/mol. The minimum atomic E-state index is -1.01. The van der Waals surface area contributed by atoms with E-state index in [0.717, 1.165) is 44.4 Å². The van der Waals surface area contributed by atoms with Gasteiger partial charge in [0.05, 0.1) is 18.5 Å². The molecule has 0 N–H and O–H groups in total. The van der Waals surface area contributed by atoms with E-state index >= 15 is 0 Å². The van der Waals surface area contributed by atoms with Crippen LogP contribution in [0.5, 0.6) is 5.75 Å². The van der Waals surface area contributed by atoms with E-state index in [-0.39, 0.29) is 0 Å². The topological polar surface area (TPSA) is 62.5 Å². The first-order valence-corrected chi connectivity index (χ1v) is 10.5. The number of nitrogens with zero attached hydrogens (tertiary/aromatic N) is 3. The lowest BCUT2D eigenvalue weighted by Gasteiger charge is -2.10. The third-order valence-electron chi connectivity index (χ3n) is 4.76. The number of aryl methyl sites for hydroxylation is 2. The van der Waals surface area contributed by atoms with Gasteiger partial charge in [0.15, 0.2) is 4.90 Å². The smallest absolute Gasteiger partial charge is 0.235 e. The van der Waals surface area contributed by atoms with Gasteiger partial charge < -0.3 is 9.29 Å². The molecule has 0 aliphatic rings. The highest BCUT2D eigenvalue weighted by Crippen LogP contribution is 2.34. The van der Waals surface area contributed by atoms with Crippen molar-refractivity contribution in [2.75, 3.05) is 13.4 Å². The third-order valence-corrected chi connectivity index (χ3v) is 5.70. The molecule has 0 fully saturated rings. The van der Waals surface area contributed by atoms with Crippen LogP contribution in [0.25, 0.3) is 28.3 Å². The van der Waals surface area contributed by atoms with E-state index in [0.29, 0.717) is 5.78 Å². The molecule has 0 bridgehead atoms. The van der Waals surface area contributed by atoms with Crippen LogP contribution in [0.15, 0.2) is 59.6 Å². The highest BCUT2D eigenvalue weighted by atomic mass is 32.2. The van der Waals surface area contributed by atoms with Crippen LogP contribution in [0.3, 0.4) is 0 Å². The zero-order chi connectivity index (χ0) is 19.8. The largest absolute Gasteiger partial charge is 0.612 e. The van der Waals surface area contributed by atoms with E-state index in [1.807, 2.05) is 66.9 Å². The molecule has 4 rings (SSSR count). The first kappa shape index (κ1) is 18.5. The molecule has 4 aromatic rings. The summed E-state index contributed by atoms with van der Waals surface area (Å²) in [6, 6.07) is 15.8. The van der Waals surface area contributed by atoms with Crippen molar-refractivity contribution in [2.45, 2.75) is 18.7 Å². The Hall–Kier alpha value is -2.83. The molecule has 1 unspecified atom stereocenters. The number of hydrogen-bond acceptors (Lipinski definition) is 4. The van der Waals surface area contributed by atoms with E-state index in [1.54, 1.807) is 13.4 Å². The lowest BCUT2D eigenvalue weighted by molar-refractivity contribution is 0.412. The third kappa shape index (κ3) is 3.25. The van der Waals surface area contributed by atoms with Gasteiger partial charge in [-0.3, -0.25) is 4.40 Å². The van der Waals surface area contributed by atoms with E-state index in [4.69, 9.17) is 9.72 Å². The maximum absolute atomic E-state index is 11.8. The molecular formula is C22H21N3O2S. The lowest BCUT2D eigenvalue weighted by atomic mass is 10.0. The Morgan fingerprint density at radius 2 is 1.68 bits per heavy atom. The van der Waals surface area contributed by atoms with Crippen LogP contribution in [0.2, 0.25) is 0 Å². The van der Waals surface area contributed by atoms with E-state index in [9.17, 15) is 4.55 Å². The fourth-order valence-corrected chi connectivity index (χ4v) is 3.84. The van der Waals surface area contributed by atoms with Gasteiger partial charge in [-0.05, 0) is 79.1 Å². The molecule has 28 heavy (non-hydrogen) atoms. The zero-order valence-electron chi connectivity index (χ0n) is 16.3. The molecule has 6 heteroatoms. The van der Waals surface area contributed by atoms with Gasteiger partial charge in [-0.1, -0.05) is 0 Å². The number of imidazole rings is 1. The number of hydrogen-bond donors (Lipinski definition) is 0. The van der Waals surface area contributed by atoms with Crippen molar-refractivity contribution in [1.82, 2.24) is 14.4 Å². The van der Waals surface area contributed by atoms with Crippen molar-refractivity contribution >= 4 is 17.0 Å². The normalized spacial score (nSPS) is 12.3. The standard InChI is InChI=1S/C22H21N3O2S/c1-14-13-17(7-10-19(14)27-3)20-21(16-5-8-18(9-6-16)28(4)26)25-12-11-15(2)23-22(25)24-20/h5-13H,1-4H3. The fraction of sp³-hybridized carbons (Fsp3) is 0.182. The predicted molar refractivity (Wildman–Crippen MR) is 112 cm³/mol. The fourth-order valence-electron chi connectivity index (χ4n) is 3.33. The SMILES string of the molecule is COc1ccc(-c2nc3nc(C)ccn3c2-c2ccc([S+](C)[O-])cc2)cc1C. The first-order valence-electron chi connectivity index (χ1n) is 8.92. The summed E-state index contributed by atoms with van der Waals surface area (Å²) in [5.41, 5.74) is 5.77. The highest BCUT2D eigenvalue weighted by molar-refractivity contribution is 7.90. The molecule has 0 saturated heterocycles. The van der Waals surface area contributed by atoms with Gasteiger partial charge in [0.25, 0.3) is 0 Å². The first-order chi connectivity index (χ1) is 13.5. The molecule has 142 valence electrons. The molecule has 2 aromatic heterocycles. The molecule has 0 spiro atoms. The summed E-state index contributed by atoms with van der Waals surface area (Å²) in [5.74, 6) is 1.50. The van der Waals surface area contributed by atoms with Crippen LogP contribution in [-0.2, 0) is 11.2 Å². The van der Waals surface area contributed by atoms with Crippen molar-refractivity contribution < 1.29 is 9.29 Å². The molecule has 0 saturated carbocycles. The summed E-state index contributed by atoms with van der Waals surface area (Å²) in [6.45, 7) is 3.97. The summed E-state index contributed by atoms with van der Waals surface area (Å²) >= 11 is -1.01. The van der Waals surface area contributed by atoms with Gasteiger partial charge >= 0.3 is 0 Å². The summed E-state index contributed by atoms with van der Waals surface area (Å²) < 4.78 is 19.1. The van der Waals surface area contributed by atoms with E-state index in [2.05, 4.69) is 11.1 Å². The molecule has 2 aromatic carbocycles. The van der Waals surface area contributed by atoms with Gasteiger partial charge in [0.2, 0.25) is 5.78 Å². The maximum atomic E-state index is 11.8. The van der Waals surface area contributed by atoms with E-state index < -0.39 is 11.2 Å². The lowest BCUT2D eigenvalue weighted by Crippen LogP contribution is -1.97. The molecule has 1 atom stereocenters. The Morgan fingerprint density at radius 1 is 0.964 bits per heavy atom. The molecule has 0 aliphatic heterocycles. The number of rotatable bonds is 4. The van der Waals surface area contributed by atoms with Crippen molar-refractivity contribution in [3.05, 3.63) is 66.0 Å². The van der Waals surface area contributed by atoms with E-state index in [1.165, 1.54) is 0 Å². The molecule has 0 amide bonds. The second-order valence-electron chi connectivity index (χ2n) is 6.71. The Bertz CT molecular complexity index is 1150. The van der Waals surface area contributed by atoms with Crippen molar-refractivity contribution in [3.63, 3.8) is 0 Å². The summed E-state index contributed by atoms with van der Waals surface area (Å²) in [6.07, 6.45) is 3.67. The maximum Gasteiger partial charge on any atom is 0.235 e. The predicted octanol–water partition coefficient (Wildman–Crippen LogP) is 4.43. The van der Waals surface area contributed by atoms with Crippen LogP contribution in [0, 0.1) is 13.8 Å². The van der Waals surface area contributed by atoms with Crippen molar-refractivity contribution in [1.29, 1.82) is 0 Å². The van der Waals surface area contributed by atoms with Crippen LogP contribution in [0.1, 0.15) is 11.3 Å². The Kier molecular flexibility index (Phi) is 4.83. The average Bonchev–Trinajstić information content (AvgIpc) is 3.06. The summed E-state index contributed by atoms with van der Waals surface area (Å²) in [5, 5.41) is 0. The number of ether oxygens (including phenoxy) is 1. The zero-order valence-corrected chi connectivity index (χ0v) is 17.1. The molecule has 5 nitrogen and oxygen atoms in total. The second-order valence-corrected chi connectivity index (χ2v) is 8.09. The number of aromatic nitrogens is 3. The van der Waals surface area contributed by atoms with Gasteiger partial charge in [-0.15, -0.1) is 0 Å². The summed E-state index contributed by atoms with van der Waals surface area (Å²) in [7, 11) is 1.67. The van der Waals surface area contributed by atoms with Gasteiger partial charge in [0, 0.05) is 23.0 Å². The Balaban J connectivity index is 1.95. The molecule has 0 aliphatic carbocycles. The van der Waals surface area contributed by atoms with Crippen LogP contribution in [0.4, 0.5) is 0 Å². The van der Waals surface area contributed by atoms with Crippen LogP contribution < -0.4 is 4.74 Å². The van der Waals surface area contributed by atoms with Crippen molar-refractivity contribution in [2.24, 2.45) is 0 Å². The number of fused-ring (bicyclic) bond motifs is 1. The molecule has 0 radical (unpaired) electrons. The van der Waals surface area contributed by atoms with Crippen LogP contribution in [-0.4, -0.2) is 32.3 Å². The minimum absolute atomic E-state index is 0.654. The Morgan fingerprint density at radius 3 is 2.32 bits per heavy atom. The quantitative estimate of drug-likeness (QED) is 0.483. The molecule has 2 heterocycles.